The second kappa shape index (κ2) is 5.63. The maximum absolute atomic E-state index is 11.9. The number of hydrogen-bond acceptors (Lipinski definition) is 3. The molecular formula is C11H13ClN2O2. The number of benzene rings is 1. The monoisotopic (exact) mass is 240 g/mol. The Morgan fingerprint density at radius 3 is 2.62 bits per heavy atom. The van der Waals surface area contributed by atoms with Crippen LogP contribution in [-0.4, -0.2) is 29.8 Å². The molecule has 0 saturated heterocycles. The molecule has 5 heteroatoms. The average Bonchev–Trinajstić information content (AvgIpc) is 2.24. The molecule has 1 rings (SSSR count). The van der Waals surface area contributed by atoms with Crippen LogP contribution in [0.2, 0.25) is 5.02 Å². The number of hydrogen-bond donors (Lipinski definition) is 1. The van der Waals surface area contributed by atoms with Gasteiger partial charge in [-0.1, -0.05) is 17.7 Å². The van der Waals surface area contributed by atoms with E-state index in [9.17, 15) is 9.59 Å². The molecule has 0 aliphatic heterocycles. The number of rotatable bonds is 3. The highest BCUT2D eigenvalue weighted by atomic mass is 35.5. The van der Waals surface area contributed by atoms with Crippen LogP contribution in [0.4, 0.5) is 0 Å². The predicted octanol–water partition coefficient (Wildman–Crippen LogP) is 1.29. The normalized spacial score (nSPS) is 9.94. The standard InChI is InChI=1S/C11H13ClN2O2/c1-8(15)14(6-5-13)11(16)9-3-2-4-10(12)7-9/h2-4,7H,5-6,13H2,1H3. The minimum Gasteiger partial charge on any atom is -0.329 e. The summed E-state index contributed by atoms with van der Waals surface area (Å²) in [6.07, 6.45) is 0. The van der Waals surface area contributed by atoms with Crippen molar-refractivity contribution in [3.05, 3.63) is 34.9 Å². The molecule has 86 valence electrons. The summed E-state index contributed by atoms with van der Waals surface area (Å²) < 4.78 is 0. The van der Waals surface area contributed by atoms with Crippen LogP contribution in [-0.2, 0) is 4.79 Å². The Labute approximate surface area is 99.0 Å². The van der Waals surface area contributed by atoms with Crippen LogP contribution in [0, 0.1) is 0 Å². The quantitative estimate of drug-likeness (QED) is 0.866. The van der Waals surface area contributed by atoms with E-state index in [1.165, 1.54) is 13.0 Å². The topological polar surface area (TPSA) is 63.4 Å². The summed E-state index contributed by atoms with van der Waals surface area (Å²) in [6.45, 7) is 1.78. The highest BCUT2D eigenvalue weighted by Gasteiger charge is 2.18. The minimum atomic E-state index is -0.375. The van der Waals surface area contributed by atoms with Crippen LogP contribution in [0.3, 0.4) is 0 Å². The van der Waals surface area contributed by atoms with Gasteiger partial charge in [-0.2, -0.15) is 0 Å². The molecule has 0 aliphatic carbocycles. The van der Waals surface area contributed by atoms with Gasteiger partial charge in [0.05, 0.1) is 0 Å². The fraction of sp³-hybridized carbons (Fsp3) is 0.273. The molecule has 4 nitrogen and oxygen atoms in total. The van der Waals surface area contributed by atoms with E-state index in [0.717, 1.165) is 4.90 Å². The van der Waals surface area contributed by atoms with Gasteiger partial charge in [-0.05, 0) is 18.2 Å². The molecule has 0 unspecified atom stereocenters. The number of carbonyl (C=O) groups is 2. The molecule has 2 amide bonds. The van der Waals surface area contributed by atoms with Crippen molar-refractivity contribution in [2.75, 3.05) is 13.1 Å². The van der Waals surface area contributed by atoms with Gasteiger partial charge in [0.1, 0.15) is 0 Å². The van der Waals surface area contributed by atoms with Gasteiger partial charge in [0.2, 0.25) is 5.91 Å². The zero-order chi connectivity index (χ0) is 12.1. The molecule has 0 aromatic heterocycles. The van der Waals surface area contributed by atoms with E-state index >= 15 is 0 Å². The molecule has 2 N–H and O–H groups in total. The molecule has 0 spiro atoms. The first-order valence-electron chi connectivity index (χ1n) is 4.84. The third-order valence-electron chi connectivity index (χ3n) is 2.05. The molecule has 16 heavy (non-hydrogen) atoms. The van der Waals surface area contributed by atoms with E-state index in [-0.39, 0.29) is 24.9 Å². The van der Waals surface area contributed by atoms with Gasteiger partial charge in [-0.15, -0.1) is 0 Å². The van der Waals surface area contributed by atoms with Crippen LogP contribution >= 0.6 is 11.6 Å². The first kappa shape index (κ1) is 12.7. The SMILES string of the molecule is CC(=O)N(CCN)C(=O)c1cccc(Cl)c1. The summed E-state index contributed by atoms with van der Waals surface area (Å²) >= 11 is 5.77. The number of amides is 2. The maximum Gasteiger partial charge on any atom is 0.260 e. The summed E-state index contributed by atoms with van der Waals surface area (Å²) in [5.41, 5.74) is 5.73. The van der Waals surface area contributed by atoms with Crippen LogP contribution < -0.4 is 5.73 Å². The number of carbonyl (C=O) groups excluding carboxylic acids is 2. The molecular weight excluding hydrogens is 228 g/mol. The number of halogens is 1. The first-order valence-corrected chi connectivity index (χ1v) is 5.22. The summed E-state index contributed by atoms with van der Waals surface area (Å²) in [6, 6.07) is 6.46. The van der Waals surface area contributed by atoms with Gasteiger partial charge in [-0.25, -0.2) is 0 Å². The Kier molecular flexibility index (Phi) is 4.46. The van der Waals surface area contributed by atoms with E-state index in [1.807, 2.05) is 0 Å². The van der Waals surface area contributed by atoms with E-state index in [4.69, 9.17) is 17.3 Å². The lowest BCUT2D eigenvalue weighted by atomic mass is 10.2. The molecule has 0 aliphatic rings. The summed E-state index contributed by atoms with van der Waals surface area (Å²) in [5, 5.41) is 0.460. The third-order valence-corrected chi connectivity index (χ3v) is 2.28. The van der Waals surface area contributed by atoms with Crippen molar-refractivity contribution in [3.63, 3.8) is 0 Å². The highest BCUT2D eigenvalue weighted by molar-refractivity contribution is 6.31. The highest BCUT2D eigenvalue weighted by Crippen LogP contribution is 2.12. The van der Waals surface area contributed by atoms with Gasteiger partial charge in [-0.3, -0.25) is 14.5 Å². The molecule has 0 saturated carbocycles. The molecule has 1 aromatic rings. The number of nitrogens with zero attached hydrogens (tertiary/aromatic N) is 1. The van der Waals surface area contributed by atoms with Crippen molar-refractivity contribution < 1.29 is 9.59 Å². The Morgan fingerprint density at radius 2 is 2.12 bits per heavy atom. The fourth-order valence-corrected chi connectivity index (χ4v) is 1.50. The van der Waals surface area contributed by atoms with Gasteiger partial charge < -0.3 is 5.73 Å². The maximum atomic E-state index is 11.9. The van der Waals surface area contributed by atoms with E-state index in [2.05, 4.69) is 0 Å². The van der Waals surface area contributed by atoms with Crippen molar-refractivity contribution in [1.82, 2.24) is 4.90 Å². The molecule has 1 aromatic carbocycles. The fourth-order valence-electron chi connectivity index (χ4n) is 1.31. The smallest absolute Gasteiger partial charge is 0.260 e. The number of nitrogens with two attached hydrogens (primary N) is 1. The lowest BCUT2D eigenvalue weighted by Crippen LogP contribution is -2.38. The van der Waals surface area contributed by atoms with Crippen molar-refractivity contribution in [2.45, 2.75) is 6.92 Å². The second-order valence-corrected chi connectivity index (χ2v) is 3.71. The Hall–Kier alpha value is -1.39. The third kappa shape index (κ3) is 3.05. The van der Waals surface area contributed by atoms with Crippen molar-refractivity contribution >= 4 is 23.4 Å². The zero-order valence-corrected chi connectivity index (χ0v) is 9.70. The second-order valence-electron chi connectivity index (χ2n) is 3.27. The van der Waals surface area contributed by atoms with Crippen molar-refractivity contribution in [2.24, 2.45) is 5.73 Å². The minimum absolute atomic E-state index is 0.209. The van der Waals surface area contributed by atoms with Crippen LogP contribution in [0.25, 0.3) is 0 Å². The van der Waals surface area contributed by atoms with E-state index in [1.54, 1.807) is 18.2 Å². The van der Waals surface area contributed by atoms with Crippen LogP contribution in [0.15, 0.2) is 24.3 Å². The molecule has 0 radical (unpaired) electrons. The van der Waals surface area contributed by atoms with Gasteiger partial charge in [0.15, 0.2) is 0 Å². The van der Waals surface area contributed by atoms with Crippen LogP contribution in [0.5, 0.6) is 0 Å². The lowest BCUT2D eigenvalue weighted by Gasteiger charge is -2.18. The van der Waals surface area contributed by atoms with E-state index < -0.39 is 0 Å². The molecule has 0 bridgehead atoms. The Bertz CT molecular complexity index is 407. The molecule has 0 heterocycles. The molecule has 0 atom stereocenters. The van der Waals surface area contributed by atoms with Crippen LogP contribution in [0.1, 0.15) is 17.3 Å². The zero-order valence-electron chi connectivity index (χ0n) is 8.94. The van der Waals surface area contributed by atoms with Crippen molar-refractivity contribution in [1.29, 1.82) is 0 Å². The summed E-state index contributed by atoms with van der Waals surface area (Å²) in [5.74, 6) is -0.698. The lowest BCUT2D eigenvalue weighted by molar-refractivity contribution is -0.126. The summed E-state index contributed by atoms with van der Waals surface area (Å²) in [4.78, 5) is 24.3. The van der Waals surface area contributed by atoms with Gasteiger partial charge >= 0.3 is 0 Å². The Morgan fingerprint density at radius 1 is 1.44 bits per heavy atom. The largest absolute Gasteiger partial charge is 0.329 e. The van der Waals surface area contributed by atoms with Gasteiger partial charge in [0.25, 0.3) is 5.91 Å². The summed E-state index contributed by atoms with van der Waals surface area (Å²) in [7, 11) is 0. The predicted molar refractivity (Wildman–Crippen MR) is 62.2 cm³/mol. The Balaban J connectivity index is 2.94. The first-order chi connectivity index (χ1) is 7.56. The van der Waals surface area contributed by atoms with E-state index in [0.29, 0.717) is 10.6 Å². The van der Waals surface area contributed by atoms with Gasteiger partial charge in [0, 0.05) is 30.6 Å². The average molecular weight is 241 g/mol. The number of imide groups is 1. The molecule has 0 fully saturated rings. The van der Waals surface area contributed by atoms with Crippen molar-refractivity contribution in [3.8, 4) is 0 Å².